The maximum absolute atomic E-state index is 5.14. The Morgan fingerprint density at radius 3 is 1.29 bits per heavy atom. The Balaban J connectivity index is 1.29. The minimum absolute atomic E-state index is 0.652. The Labute approximate surface area is 242 Å². The molecule has 8 aromatic rings. The van der Waals surface area contributed by atoms with Gasteiger partial charge in [-0.1, -0.05) is 109 Å². The number of nitrogens with zero attached hydrogens (tertiary/aromatic N) is 4. The van der Waals surface area contributed by atoms with E-state index in [9.17, 15) is 0 Å². The van der Waals surface area contributed by atoms with Crippen molar-refractivity contribution in [3.05, 3.63) is 146 Å². The van der Waals surface area contributed by atoms with Gasteiger partial charge in [-0.25, -0.2) is 4.98 Å². The fraction of sp³-hybridized carbons (Fsp3) is 0. The zero-order valence-corrected chi connectivity index (χ0v) is 22.6. The second kappa shape index (κ2) is 8.88. The summed E-state index contributed by atoms with van der Waals surface area (Å²) in [5, 5.41) is 2.39. The van der Waals surface area contributed by atoms with Crippen molar-refractivity contribution in [1.82, 2.24) is 19.1 Å². The Morgan fingerprint density at radius 2 is 0.810 bits per heavy atom. The summed E-state index contributed by atoms with van der Waals surface area (Å²) in [6, 6.07) is 45.0. The molecule has 0 radical (unpaired) electrons. The molecule has 4 heteroatoms. The van der Waals surface area contributed by atoms with Crippen LogP contribution in [0.15, 0.2) is 146 Å². The predicted molar refractivity (Wildman–Crippen MR) is 171 cm³/mol. The van der Waals surface area contributed by atoms with E-state index in [1.54, 1.807) is 0 Å². The van der Waals surface area contributed by atoms with Crippen LogP contribution in [-0.2, 0) is 0 Å². The molecule has 0 unspecified atom stereocenters. The Kier molecular flexibility index (Phi) is 4.87. The number of rotatable bonds is 2. The third kappa shape index (κ3) is 3.29. The van der Waals surface area contributed by atoms with Crippen molar-refractivity contribution in [2.45, 2.75) is 0 Å². The molecule has 0 fully saturated rings. The number of para-hydroxylation sites is 2. The maximum Gasteiger partial charge on any atom is 0.236 e. The summed E-state index contributed by atoms with van der Waals surface area (Å²) in [5.74, 6) is 1.47. The van der Waals surface area contributed by atoms with E-state index >= 15 is 0 Å². The van der Waals surface area contributed by atoms with Gasteiger partial charge in [0.05, 0.1) is 11.0 Å². The summed E-state index contributed by atoms with van der Waals surface area (Å²) in [6.45, 7) is 0. The van der Waals surface area contributed by atoms with E-state index in [1.807, 2.05) is 12.3 Å². The SMILES string of the molecule is c1ccc2c(c1)-c1ccccc1-c1cn(-c3ccnc(-n4c5ccccc5c5ccccc54)n3)cc1-c1ccccc1-2. The molecule has 9 rings (SSSR count). The van der Waals surface area contributed by atoms with Crippen LogP contribution < -0.4 is 0 Å². The molecule has 0 bridgehead atoms. The van der Waals surface area contributed by atoms with Crippen LogP contribution in [0.2, 0.25) is 0 Å². The van der Waals surface area contributed by atoms with Gasteiger partial charge in [0.2, 0.25) is 5.95 Å². The topological polar surface area (TPSA) is 35.6 Å². The van der Waals surface area contributed by atoms with Gasteiger partial charge in [-0.15, -0.1) is 0 Å². The highest BCUT2D eigenvalue weighted by molar-refractivity contribution is 6.09. The average molecular weight is 537 g/mol. The van der Waals surface area contributed by atoms with Crippen molar-refractivity contribution in [3.8, 4) is 56.3 Å². The molecule has 3 aromatic heterocycles. The van der Waals surface area contributed by atoms with E-state index in [0.29, 0.717) is 5.95 Å². The summed E-state index contributed by atoms with van der Waals surface area (Å²) in [7, 11) is 0. The van der Waals surface area contributed by atoms with E-state index in [0.717, 1.165) is 16.9 Å². The monoisotopic (exact) mass is 536 g/mol. The first kappa shape index (κ1) is 23.0. The molecule has 0 amide bonds. The molecule has 1 aliphatic rings. The highest BCUT2D eigenvalue weighted by atomic mass is 15.2. The van der Waals surface area contributed by atoms with Gasteiger partial charge in [0, 0.05) is 40.5 Å². The van der Waals surface area contributed by atoms with Crippen LogP contribution in [0.25, 0.3) is 78.1 Å². The Morgan fingerprint density at radius 1 is 0.405 bits per heavy atom. The number of fused-ring (bicyclic) bond motifs is 11. The van der Waals surface area contributed by atoms with Crippen molar-refractivity contribution in [2.75, 3.05) is 0 Å². The largest absolute Gasteiger partial charge is 0.307 e. The number of hydrogen-bond acceptors (Lipinski definition) is 2. The average Bonchev–Trinajstić information content (AvgIpc) is 3.64. The first-order valence-corrected chi connectivity index (χ1v) is 14.2. The summed E-state index contributed by atoms with van der Waals surface area (Å²) >= 11 is 0. The second-order valence-electron chi connectivity index (χ2n) is 10.7. The molecule has 0 saturated heterocycles. The van der Waals surface area contributed by atoms with Gasteiger partial charge in [0.15, 0.2) is 0 Å². The van der Waals surface area contributed by atoms with E-state index in [4.69, 9.17) is 9.97 Å². The highest BCUT2D eigenvalue weighted by Crippen LogP contribution is 2.48. The molecule has 196 valence electrons. The van der Waals surface area contributed by atoms with Gasteiger partial charge in [0.25, 0.3) is 0 Å². The molecule has 3 heterocycles. The molecule has 0 aliphatic heterocycles. The zero-order chi connectivity index (χ0) is 27.6. The Bertz CT molecular complexity index is 2180. The number of benzene rings is 5. The first-order chi connectivity index (χ1) is 20.8. The normalized spacial score (nSPS) is 11.8. The van der Waals surface area contributed by atoms with Crippen LogP contribution in [0.5, 0.6) is 0 Å². The fourth-order valence-corrected chi connectivity index (χ4v) is 6.60. The third-order valence-corrected chi connectivity index (χ3v) is 8.44. The van der Waals surface area contributed by atoms with Crippen molar-refractivity contribution in [2.24, 2.45) is 0 Å². The van der Waals surface area contributed by atoms with E-state index in [1.165, 1.54) is 55.3 Å². The van der Waals surface area contributed by atoms with Gasteiger partial charge >= 0.3 is 0 Å². The maximum atomic E-state index is 5.14. The van der Waals surface area contributed by atoms with Crippen molar-refractivity contribution in [3.63, 3.8) is 0 Å². The van der Waals surface area contributed by atoms with E-state index in [2.05, 4.69) is 143 Å². The molecule has 0 N–H and O–H groups in total. The molecular formula is C38H24N4. The summed E-state index contributed by atoms with van der Waals surface area (Å²) in [4.78, 5) is 9.90. The van der Waals surface area contributed by atoms with Crippen LogP contribution in [0.4, 0.5) is 0 Å². The zero-order valence-electron chi connectivity index (χ0n) is 22.6. The van der Waals surface area contributed by atoms with Gasteiger partial charge < -0.3 is 4.57 Å². The molecule has 0 saturated carbocycles. The van der Waals surface area contributed by atoms with Crippen LogP contribution >= 0.6 is 0 Å². The lowest BCUT2D eigenvalue weighted by atomic mass is 9.82. The second-order valence-corrected chi connectivity index (χ2v) is 10.7. The Hall–Kier alpha value is -5.74. The van der Waals surface area contributed by atoms with E-state index in [-0.39, 0.29) is 0 Å². The minimum atomic E-state index is 0.652. The molecule has 5 aromatic carbocycles. The van der Waals surface area contributed by atoms with Crippen molar-refractivity contribution in [1.29, 1.82) is 0 Å². The van der Waals surface area contributed by atoms with Gasteiger partial charge in [-0.2, -0.15) is 4.98 Å². The first-order valence-electron chi connectivity index (χ1n) is 14.2. The number of aromatic nitrogens is 4. The predicted octanol–water partition coefficient (Wildman–Crippen LogP) is 9.35. The van der Waals surface area contributed by atoms with Crippen molar-refractivity contribution >= 4 is 21.8 Å². The molecular weight excluding hydrogens is 512 g/mol. The minimum Gasteiger partial charge on any atom is -0.307 e. The molecule has 0 atom stereocenters. The number of hydrogen-bond donors (Lipinski definition) is 0. The third-order valence-electron chi connectivity index (χ3n) is 8.44. The van der Waals surface area contributed by atoms with Crippen LogP contribution in [0, 0.1) is 0 Å². The van der Waals surface area contributed by atoms with Gasteiger partial charge in [-0.05, 0) is 51.6 Å². The standard InChI is InChI=1S/C38H24N4/c1-2-12-26-25(11-1)27-13-3-5-15-29(27)33-23-41(24-34(33)30-16-6-4-14-28(26)30)37-21-22-39-38(40-37)42-35-19-9-7-17-31(35)32-18-8-10-20-36(32)42/h1-24H. The van der Waals surface area contributed by atoms with Gasteiger partial charge in [-0.3, -0.25) is 4.57 Å². The lowest BCUT2D eigenvalue weighted by molar-refractivity contribution is 0.925. The molecule has 42 heavy (non-hydrogen) atoms. The molecule has 4 nitrogen and oxygen atoms in total. The van der Waals surface area contributed by atoms with E-state index < -0.39 is 0 Å². The van der Waals surface area contributed by atoms with Crippen LogP contribution in [-0.4, -0.2) is 19.1 Å². The molecule has 1 aliphatic carbocycles. The summed E-state index contributed by atoms with van der Waals surface area (Å²) in [5.41, 5.74) is 11.9. The van der Waals surface area contributed by atoms with Crippen LogP contribution in [0.3, 0.4) is 0 Å². The smallest absolute Gasteiger partial charge is 0.236 e. The lowest BCUT2D eigenvalue weighted by Gasteiger charge is -2.20. The summed E-state index contributed by atoms with van der Waals surface area (Å²) < 4.78 is 4.31. The quantitative estimate of drug-likeness (QED) is 0.221. The fourth-order valence-electron chi connectivity index (χ4n) is 6.60. The van der Waals surface area contributed by atoms with Crippen LogP contribution in [0.1, 0.15) is 0 Å². The summed E-state index contributed by atoms with van der Waals surface area (Å²) in [6.07, 6.45) is 6.30. The van der Waals surface area contributed by atoms with Gasteiger partial charge in [0.1, 0.15) is 5.82 Å². The molecule has 0 spiro atoms. The highest BCUT2D eigenvalue weighted by Gasteiger charge is 2.23. The lowest BCUT2D eigenvalue weighted by Crippen LogP contribution is -2.04. The van der Waals surface area contributed by atoms with Crippen molar-refractivity contribution < 1.29 is 0 Å².